The molecule has 0 fully saturated rings. The molecule has 1 aliphatic rings. The minimum absolute atomic E-state index is 0.193. The second-order valence-corrected chi connectivity index (χ2v) is 7.47. The predicted molar refractivity (Wildman–Crippen MR) is 116 cm³/mol. The molecule has 0 bridgehead atoms. The molecule has 142 valence electrons. The number of phenolic OH excluding ortho intramolecular Hbond substituents is 1. The van der Waals surface area contributed by atoms with Gasteiger partial charge in [0.05, 0.1) is 21.5 Å². The number of fused-ring (bicyclic) bond motifs is 2. The van der Waals surface area contributed by atoms with Crippen LogP contribution in [-0.2, 0) is 0 Å². The number of aromatic nitrogens is 1. The summed E-state index contributed by atoms with van der Waals surface area (Å²) in [5, 5.41) is 11.1. The van der Waals surface area contributed by atoms with Gasteiger partial charge >= 0.3 is 0 Å². The number of aromatic hydroxyl groups is 1. The average Bonchev–Trinajstić information content (AvgIpc) is 3.38. The number of aliphatic imine (C=N–C) groups is 1. The highest BCUT2D eigenvalue weighted by atomic mass is 32.1. The molecule has 6 heteroatoms. The van der Waals surface area contributed by atoms with E-state index in [0.29, 0.717) is 5.56 Å². The summed E-state index contributed by atoms with van der Waals surface area (Å²) >= 11 is 1.55. The molecule has 2 heterocycles. The fourth-order valence-corrected chi connectivity index (χ4v) is 4.05. The third-order valence-electron chi connectivity index (χ3n) is 4.50. The van der Waals surface area contributed by atoms with Crippen LogP contribution in [0.4, 0.5) is 5.69 Å². The van der Waals surface area contributed by atoms with Gasteiger partial charge in [0, 0.05) is 6.21 Å². The van der Waals surface area contributed by atoms with Gasteiger partial charge < -0.3 is 14.6 Å². The van der Waals surface area contributed by atoms with Gasteiger partial charge in [-0.1, -0.05) is 24.3 Å². The topological polar surface area (TPSA) is 63.9 Å². The zero-order valence-electron chi connectivity index (χ0n) is 15.3. The molecular weight excluding hydrogens is 384 g/mol. The molecule has 29 heavy (non-hydrogen) atoms. The maximum atomic E-state index is 10.3. The number of phenols is 1. The molecule has 0 amide bonds. The van der Waals surface area contributed by atoms with Crippen LogP contribution in [0.3, 0.4) is 0 Å². The fourth-order valence-electron chi connectivity index (χ4n) is 3.06. The first kappa shape index (κ1) is 17.5. The Morgan fingerprint density at radius 3 is 2.83 bits per heavy atom. The summed E-state index contributed by atoms with van der Waals surface area (Å²) in [7, 11) is 0. The Bertz CT molecular complexity index is 1230. The molecule has 3 aromatic carbocycles. The van der Waals surface area contributed by atoms with E-state index in [0.717, 1.165) is 38.0 Å². The highest BCUT2D eigenvalue weighted by Crippen LogP contribution is 2.37. The molecule has 0 spiro atoms. The largest absolute Gasteiger partial charge is 0.507 e. The van der Waals surface area contributed by atoms with Crippen molar-refractivity contribution in [1.82, 2.24) is 4.98 Å². The Hall–Kier alpha value is -3.64. The van der Waals surface area contributed by atoms with Crippen LogP contribution < -0.4 is 9.47 Å². The first-order chi connectivity index (χ1) is 14.3. The van der Waals surface area contributed by atoms with Crippen LogP contribution in [0.15, 0.2) is 71.7 Å². The number of benzene rings is 3. The van der Waals surface area contributed by atoms with E-state index in [1.807, 2.05) is 60.7 Å². The monoisotopic (exact) mass is 400 g/mol. The Balaban J connectivity index is 1.37. The van der Waals surface area contributed by atoms with Gasteiger partial charge in [-0.15, -0.1) is 11.3 Å². The Morgan fingerprint density at radius 1 is 1.00 bits per heavy atom. The van der Waals surface area contributed by atoms with Crippen LogP contribution in [-0.4, -0.2) is 23.1 Å². The van der Waals surface area contributed by atoms with Gasteiger partial charge in [0.25, 0.3) is 0 Å². The third-order valence-corrected chi connectivity index (χ3v) is 5.57. The number of rotatable bonds is 4. The van der Waals surface area contributed by atoms with Crippen molar-refractivity contribution in [2.75, 3.05) is 6.79 Å². The summed E-state index contributed by atoms with van der Waals surface area (Å²) in [6, 6.07) is 19.0. The molecule has 0 aliphatic carbocycles. The number of thiazole rings is 1. The van der Waals surface area contributed by atoms with E-state index in [9.17, 15) is 5.11 Å². The maximum Gasteiger partial charge on any atom is 0.231 e. The predicted octanol–water partition coefficient (Wildman–Crippen LogP) is 5.81. The number of hydrogen-bond donors (Lipinski definition) is 1. The highest BCUT2D eigenvalue weighted by Gasteiger charge is 2.12. The Kier molecular flexibility index (Phi) is 4.46. The molecule has 0 unspecified atom stereocenters. The molecule has 5 nitrogen and oxygen atoms in total. The lowest BCUT2D eigenvalue weighted by molar-refractivity contribution is 0.174. The van der Waals surface area contributed by atoms with Crippen molar-refractivity contribution in [3.05, 3.63) is 72.3 Å². The first-order valence-corrected chi connectivity index (χ1v) is 9.87. The Morgan fingerprint density at radius 2 is 1.90 bits per heavy atom. The quantitative estimate of drug-likeness (QED) is 0.439. The van der Waals surface area contributed by atoms with E-state index < -0.39 is 0 Å². The highest BCUT2D eigenvalue weighted by molar-refractivity contribution is 7.21. The summed E-state index contributed by atoms with van der Waals surface area (Å²) in [6.07, 6.45) is 5.53. The molecule has 0 atom stereocenters. The number of hydrogen-bond acceptors (Lipinski definition) is 6. The van der Waals surface area contributed by atoms with E-state index in [-0.39, 0.29) is 12.5 Å². The van der Waals surface area contributed by atoms with Crippen LogP contribution in [0.5, 0.6) is 17.2 Å². The number of allylic oxidation sites excluding steroid dienone is 1. The lowest BCUT2D eigenvalue weighted by atomic mass is 10.2. The van der Waals surface area contributed by atoms with Crippen molar-refractivity contribution < 1.29 is 14.6 Å². The first-order valence-electron chi connectivity index (χ1n) is 9.06. The van der Waals surface area contributed by atoms with Gasteiger partial charge in [0.15, 0.2) is 11.5 Å². The van der Waals surface area contributed by atoms with Crippen molar-refractivity contribution in [1.29, 1.82) is 0 Å². The van der Waals surface area contributed by atoms with Gasteiger partial charge in [-0.3, -0.25) is 4.99 Å². The maximum absolute atomic E-state index is 10.3. The van der Waals surface area contributed by atoms with Gasteiger partial charge in [0.2, 0.25) is 6.79 Å². The smallest absolute Gasteiger partial charge is 0.231 e. The second-order valence-electron chi connectivity index (χ2n) is 6.44. The standard InChI is InChI=1S/C23H16N2O3S/c26-19-9-8-16(13-17(19)23-25-18-5-1-2-6-22(18)29-23)24-11-3-4-15-7-10-20-21(12-15)28-14-27-20/h1-13,26H,14H2. The lowest BCUT2D eigenvalue weighted by Crippen LogP contribution is -1.92. The molecule has 5 rings (SSSR count). The van der Waals surface area contributed by atoms with Gasteiger partial charge in [-0.25, -0.2) is 4.98 Å². The fraction of sp³-hybridized carbons (Fsp3) is 0.0435. The van der Waals surface area contributed by atoms with Gasteiger partial charge in [-0.2, -0.15) is 0 Å². The third kappa shape index (κ3) is 3.58. The molecule has 4 aromatic rings. The van der Waals surface area contributed by atoms with Crippen LogP contribution >= 0.6 is 11.3 Å². The number of ether oxygens (including phenoxy) is 2. The molecular formula is C23H16N2O3S. The van der Waals surface area contributed by atoms with Gasteiger partial charge in [0.1, 0.15) is 10.8 Å². The Labute approximate surface area is 171 Å². The van der Waals surface area contributed by atoms with Crippen LogP contribution in [0.2, 0.25) is 0 Å². The van der Waals surface area contributed by atoms with Crippen molar-refractivity contribution in [2.45, 2.75) is 0 Å². The van der Waals surface area contributed by atoms with E-state index in [4.69, 9.17) is 9.47 Å². The van der Waals surface area contributed by atoms with Crippen molar-refractivity contribution in [3.63, 3.8) is 0 Å². The van der Waals surface area contributed by atoms with Crippen LogP contribution in [0.1, 0.15) is 5.56 Å². The van der Waals surface area contributed by atoms with Crippen molar-refractivity contribution in [3.8, 4) is 27.8 Å². The molecule has 0 radical (unpaired) electrons. The number of nitrogens with zero attached hydrogens (tertiary/aromatic N) is 2. The molecule has 1 aromatic heterocycles. The van der Waals surface area contributed by atoms with E-state index in [1.54, 1.807) is 29.7 Å². The van der Waals surface area contributed by atoms with Crippen LogP contribution in [0.25, 0.3) is 26.9 Å². The number of para-hydroxylation sites is 1. The van der Waals surface area contributed by atoms with E-state index in [2.05, 4.69) is 9.98 Å². The second kappa shape index (κ2) is 7.41. The summed E-state index contributed by atoms with van der Waals surface area (Å²) < 4.78 is 11.8. The van der Waals surface area contributed by atoms with E-state index in [1.165, 1.54) is 0 Å². The normalized spacial score (nSPS) is 13.1. The molecule has 1 aliphatic heterocycles. The van der Waals surface area contributed by atoms with Crippen molar-refractivity contribution in [2.24, 2.45) is 4.99 Å². The SMILES string of the molecule is Oc1ccc(N=CC=Cc2ccc3c(c2)OCO3)cc1-c1nc2ccccc2s1. The summed E-state index contributed by atoms with van der Waals surface area (Å²) in [5.74, 6) is 1.71. The summed E-state index contributed by atoms with van der Waals surface area (Å²) in [6.45, 7) is 0.266. The van der Waals surface area contributed by atoms with Crippen LogP contribution in [0, 0.1) is 0 Å². The van der Waals surface area contributed by atoms with Crippen molar-refractivity contribution >= 4 is 39.5 Å². The molecule has 0 saturated carbocycles. The average molecular weight is 400 g/mol. The summed E-state index contributed by atoms with van der Waals surface area (Å²) in [5.41, 5.74) is 3.35. The lowest BCUT2D eigenvalue weighted by Gasteiger charge is -2.02. The minimum atomic E-state index is 0.193. The summed E-state index contributed by atoms with van der Waals surface area (Å²) in [4.78, 5) is 9.09. The zero-order valence-corrected chi connectivity index (χ0v) is 16.1. The minimum Gasteiger partial charge on any atom is -0.507 e. The van der Waals surface area contributed by atoms with Gasteiger partial charge in [-0.05, 0) is 54.1 Å². The molecule has 1 N–H and O–H groups in total. The zero-order chi connectivity index (χ0) is 19.6. The molecule has 0 saturated heterocycles. The van der Waals surface area contributed by atoms with E-state index >= 15 is 0 Å².